The quantitative estimate of drug-likeness (QED) is 0.821. The zero-order valence-electron chi connectivity index (χ0n) is 8.95. The summed E-state index contributed by atoms with van der Waals surface area (Å²) in [7, 11) is 0. The van der Waals surface area contributed by atoms with E-state index in [0.717, 1.165) is 25.2 Å². The Morgan fingerprint density at radius 3 is 2.88 bits per heavy atom. The van der Waals surface area contributed by atoms with Crippen molar-refractivity contribution in [3.8, 4) is 0 Å². The van der Waals surface area contributed by atoms with Gasteiger partial charge in [0.25, 0.3) is 0 Å². The number of aromatic nitrogens is 4. The molecule has 0 aromatic carbocycles. The summed E-state index contributed by atoms with van der Waals surface area (Å²) in [6.07, 6.45) is 4.81. The van der Waals surface area contributed by atoms with Crippen LogP contribution in [0.2, 0.25) is 10.0 Å². The summed E-state index contributed by atoms with van der Waals surface area (Å²) in [5, 5.41) is 10.8. The maximum absolute atomic E-state index is 5.97. The Balaban J connectivity index is 1.78. The number of nitrogens with zero attached hydrogens (tertiary/aromatic N) is 3. The highest BCUT2D eigenvalue weighted by molar-refractivity contribution is 6.35. The van der Waals surface area contributed by atoms with Gasteiger partial charge in [-0.2, -0.15) is 5.10 Å². The van der Waals surface area contributed by atoms with Gasteiger partial charge in [-0.25, -0.2) is 9.97 Å². The van der Waals surface area contributed by atoms with E-state index in [1.165, 1.54) is 6.33 Å². The minimum atomic E-state index is 0.525. The van der Waals surface area contributed by atoms with Crippen LogP contribution in [0.4, 0.5) is 5.82 Å². The van der Waals surface area contributed by atoms with E-state index in [4.69, 9.17) is 23.2 Å². The molecule has 0 fully saturated rings. The van der Waals surface area contributed by atoms with E-state index in [9.17, 15) is 0 Å². The van der Waals surface area contributed by atoms with Crippen molar-refractivity contribution in [3.05, 3.63) is 34.5 Å². The first kappa shape index (κ1) is 12.1. The first-order valence-corrected chi connectivity index (χ1v) is 5.90. The summed E-state index contributed by atoms with van der Waals surface area (Å²) >= 11 is 11.7. The Kier molecular flexibility index (Phi) is 4.17. The summed E-state index contributed by atoms with van der Waals surface area (Å²) in [6, 6.07) is 1.66. The molecule has 0 saturated carbocycles. The average molecular weight is 272 g/mol. The lowest BCUT2D eigenvalue weighted by molar-refractivity contribution is 0.803. The fraction of sp³-hybridized carbons (Fsp3) is 0.300. The van der Waals surface area contributed by atoms with Crippen molar-refractivity contribution in [2.75, 3.05) is 11.9 Å². The molecule has 0 atom stereocenters. The largest absolute Gasteiger partial charge is 0.369 e. The SMILES string of the molecule is Clc1cnc(NCCCc2ncn[nH]2)c(Cl)c1. The topological polar surface area (TPSA) is 66.5 Å². The van der Waals surface area contributed by atoms with Crippen molar-refractivity contribution in [2.24, 2.45) is 0 Å². The van der Waals surface area contributed by atoms with Gasteiger partial charge in [0.05, 0.1) is 10.0 Å². The molecule has 2 rings (SSSR count). The fourth-order valence-electron chi connectivity index (χ4n) is 1.36. The fourth-order valence-corrected chi connectivity index (χ4v) is 1.81. The molecule has 2 N–H and O–H groups in total. The van der Waals surface area contributed by atoms with Crippen LogP contribution < -0.4 is 5.32 Å². The smallest absolute Gasteiger partial charge is 0.144 e. The summed E-state index contributed by atoms with van der Waals surface area (Å²) in [6.45, 7) is 0.759. The van der Waals surface area contributed by atoms with Gasteiger partial charge in [-0.1, -0.05) is 23.2 Å². The number of hydrogen-bond acceptors (Lipinski definition) is 4. The number of nitrogens with one attached hydrogen (secondary N) is 2. The third-order valence-electron chi connectivity index (χ3n) is 2.16. The van der Waals surface area contributed by atoms with Crippen LogP contribution in [0.5, 0.6) is 0 Å². The predicted octanol–water partition coefficient (Wildman–Crippen LogP) is 2.55. The van der Waals surface area contributed by atoms with E-state index in [1.807, 2.05) is 0 Å². The maximum atomic E-state index is 5.97. The zero-order chi connectivity index (χ0) is 12.1. The summed E-state index contributed by atoms with van der Waals surface area (Å²) in [5.74, 6) is 1.52. The Hall–Kier alpha value is -1.33. The Morgan fingerprint density at radius 1 is 1.29 bits per heavy atom. The third kappa shape index (κ3) is 3.57. The van der Waals surface area contributed by atoms with Crippen LogP contribution in [0.15, 0.2) is 18.6 Å². The minimum absolute atomic E-state index is 0.525. The van der Waals surface area contributed by atoms with Gasteiger partial charge in [0.1, 0.15) is 18.0 Å². The lowest BCUT2D eigenvalue weighted by Crippen LogP contribution is -2.05. The molecule has 5 nitrogen and oxygen atoms in total. The van der Waals surface area contributed by atoms with E-state index < -0.39 is 0 Å². The van der Waals surface area contributed by atoms with Crippen LogP contribution in [0.3, 0.4) is 0 Å². The number of hydrogen-bond donors (Lipinski definition) is 2. The lowest BCUT2D eigenvalue weighted by Gasteiger charge is -2.06. The predicted molar refractivity (Wildman–Crippen MR) is 67.5 cm³/mol. The molecule has 0 aliphatic rings. The summed E-state index contributed by atoms with van der Waals surface area (Å²) in [4.78, 5) is 8.14. The van der Waals surface area contributed by atoms with Crippen LogP contribution in [0.1, 0.15) is 12.2 Å². The minimum Gasteiger partial charge on any atom is -0.369 e. The molecule has 0 spiro atoms. The third-order valence-corrected chi connectivity index (χ3v) is 2.65. The van der Waals surface area contributed by atoms with Crippen LogP contribution >= 0.6 is 23.2 Å². The second-order valence-electron chi connectivity index (χ2n) is 3.45. The normalized spacial score (nSPS) is 10.5. The van der Waals surface area contributed by atoms with Crippen LogP contribution in [-0.4, -0.2) is 26.7 Å². The highest BCUT2D eigenvalue weighted by Crippen LogP contribution is 2.22. The number of anilines is 1. The second-order valence-corrected chi connectivity index (χ2v) is 4.29. The lowest BCUT2D eigenvalue weighted by atomic mass is 10.3. The molecule has 0 amide bonds. The molecule has 0 aliphatic heterocycles. The molecule has 0 bridgehead atoms. The van der Waals surface area contributed by atoms with Crippen molar-refractivity contribution in [2.45, 2.75) is 12.8 Å². The molecule has 0 unspecified atom stereocenters. The number of pyridine rings is 1. The number of rotatable bonds is 5. The zero-order valence-corrected chi connectivity index (χ0v) is 10.5. The van der Waals surface area contributed by atoms with Gasteiger partial charge in [0.15, 0.2) is 0 Å². The van der Waals surface area contributed by atoms with Gasteiger partial charge in [0.2, 0.25) is 0 Å². The van der Waals surface area contributed by atoms with Crippen LogP contribution in [-0.2, 0) is 6.42 Å². The molecule has 90 valence electrons. The van der Waals surface area contributed by atoms with Gasteiger partial charge in [-0.3, -0.25) is 5.10 Å². The van der Waals surface area contributed by atoms with Crippen molar-refractivity contribution in [1.82, 2.24) is 20.2 Å². The summed E-state index contributed by atoms with van der Waals surface area (Å²) in [5.41, 5.74) is 0. The van der Waals surface area contributed by atoms with E-state index in [-0.39, 0.29) is 0 Å². The molecule has 17 heavy (non-hydrogen) atoms. The first-order valence-electron chi connectivity index (χ1n) is 5.15. The molecule has 0 saturated heterocycles. The molecule has 2 aromatic heterocycles. The Morgan fingerprint density at radius 2 is 2.18 bits per heavy atom. The molecular formula is C10H11Cl2N5. The van der Waals surface area contributed by atoms with Gasteiger partial charge in [0, 0.05) is 19.2 Å². The number of aromatic amines is 1. The number of H-pyrrole nitrogens is 1. The van der Waals surface area contributed by atoms with Crippen LogP contribution in [0, 0.1) is 0 Å². The van der Waals surface area contributed by atoms with E-state index in [0.29, 0.717) is 15.9 Å². The number of aryl methyl sites for hydroxylation is 1. The van der Waals surface area contributed by atoms with Crippen molar-refractivity contribution in [1.29, 1.82) is 0 Å². The molecule has 7 heteroatoms. The van der Waals surface area contributed by atoms with E-state index >= 15 is 0 Å². The number of halogens is 2. The van der Waals surface area contributed by atoms with E-state index in [1.54, 1.807) is 12.3 Å². The van der Waals surface area contributed by atoms with Crippen molar-refractivity contribution < 1.29 is 0 Å². The highest BCUT2D eigenvalue weighted by atomic mass is 35.5. The highest BCUT2D eigenvalue weighted by Gasteiger charge is 2.02. The maximum Gasteiger partial charge on any atom is 0.144 e. The monoisotopic (exact) mass is 271 g/mol. The van der Waals surface area contributed by atoms with Crippen molar-refractivity contribution in [3.63, 3.8) is 0 Å². The summed E-state index contributed by atoms with van der Waals surface area (Å²) < 4.78 is 0. The molecule has 2 aromatic rings. The second kappa shape index (κ2) is 5.84. The first-order chi connectivity index (χ1) is 8.25. The van der Waals surface area contributed by atoms with E-state index in [2.05, 4.69) is 25.5 Å². The van der Waals surface area contributed by atoms with Gasteiger partial charge in [-0.15, -0.1) is 0 Å². The van der Waals surface area contributed by atoms with Gasteiger partial charge < -0.3 is 5.32 Å². The average Bonchev–Trinajstić information content (AvgIpc) is 2.79. The molecule has 2 heterocycles. The Labute approximate surface area is 109 Å². The standard InChI is InChI=1S/C10H11Cl2N5/c11-7-4-8(12)10(14-5-7)13-3-1-2-9-15-6-16-17-9/h4-6H,1-3H2,(H,13,14)(H,15,16,17). The van der Waals surface area contributed by atoms with Crippen LogP contribution in [0.25, 0.3) is 0 Å². The Bertz CT molecular complexity index is 472. The molecule has 0 radical (unpaired) electrons. The molecular weight excluding hydrogens is 261 g/mol. The van der Waals surface area contributed by atoms with Gasteiger partial charge in [-0.05, 0) is 12.5 Å². The molecule has 0 aliphatic carbocycles. The van der Waals surface area contributed by atoms with Gasteiger partial charge >= 0.3 is 0 Å². The van der Waals surface area contributed by atoms with Crippen molar-refractivity contribution >= 4 is 29.0 Å².